The first kappa shape index (κ1) is 23.5. The van der Waals surface area contributed by atoms with Crippen molar-refractivity contribution in [3.8, 4) is 17.2 Å². The van der Waals surface area contributed by atoms with Crippen molar-refractivity contribution in [3.63, 3.8) is 0 Å². The molecule has 0 unspecified atom stereocenters. The van der Waals surface area contributed by atoms with Crippen LogP contribution < -0.4 is 14.4 Å². The van der Waals surface area contributed by atoms with Crippen LogP contribution in [0.5, 0.6) is 17.2 Å². The first-order valence-electron chi connectivity index (χ1n) is 10.8. The molecule has 0 aromatic heterocycles. The van der Waals surface area contributed by atoms with Crippen LogP contribution in [0.25, 0.3) is 0 Å². The van der Waals surface area contributed by atoms with Gasteiger partial charge in [-0.2, -0.15) is 0 Å². The van der Waals surface area contributed by atoms with E-state index in [0.29, 0.717) is 30.3 Å². The van der Waals surface area contributed by atoms with Crippen molar-refractivity contribution in [3.05, 3.63) is 92.5 Å². The Hall–Kier alpha value is -4.67. The molecule has 35 heavy (non-hydrogen) atoms. The van der Waals surface area contributed by atoms with Crippen LogP contribution in [0.3, 0.4) is 0 Å². The smallest absolute Gasteiger partial charge is 0.292 e. The molecule has 0 radical (unpaired) electrons. The Kier molecular flexibility index (Phi) is 6.76. The molecule has 0 saturated carbocycles. The van der Waals surface area contributed by atoms with Crippen molar-refractivity contribution in [1.29, 1.82) is 0 Å². The van der Waals surface area contributed by atoms with Crippen LogP contribution in [0.4, 0.5) is 17.1 Å². The molecule has 0 N–H and O–H groups in total. The molecular weight excluding hydrogens is 456 g/mol. The SMILES string of the molecule is COc1ccc(Oc2ccc([N+](=O)[O-])cc2C(=O)N2CCN(c3ccccc3[N+](=O)[O-])CC2)cc1. The van der Waals surface area contributed by atoms with Gasteiger partial charge >= 0.3 is 0 Å². The highest BCUT2D eigenvalue weighted by Crippen LogP contribution is 2.32. The van der Waals surface area contributed by atoms with E-state index in [1.165, 1.54) is 24.3 Å². The Balaban J connectivity index is 1.55. The van der Waals surface area contributed by atoms with Gasteiger partial charge in [0.25, 0.3) is 17.3 Å². The topological polar surface area (TPSA) is 128 Å². The minimum absolute atomic E-state index is 0.00105. The molecule has 1 fully saturated rings. The summed E-state index contributed by atoms with van der Waals surface area (Å²) in [6, 6.07) is 17.1. The summed E-state index contributed by atoms with van der Waals surface area (Å²) in [5, 5.41) is 22.7. The molecular formula is C24H22N4O7. The van der Waals surface area contributed by atoms with Crippen LogP contribution in [0.2, 0.25) is 0 Å². The second-order valence-corrected chi connectivity index (χ2v) is 7.74. The molecule has 11 heteroatoms. The quantitative estimate of drug-likeness (QED) is 0.364. The van der Waals surface area contributed by atoms with Gasteiger partial charge in [-0.1, -0.05) is 12.1 Å². The number of nitro benzene ring substituents is 2. The fourth-order valence-electron chi connectivity index (χ4n) is 3.87. The molecule has 1 aliphatic heterocycles. The zero-order valence-electron chi connectivity index (χ0n) is 18.8. The van der Waals surface area contributed by atoms with Gasteiger partial charge in [0.15, 0.2) is 0 Å². The van der Waals surface area contributed by atoms with Crippen molar-refractivity contribution in [2.45, 2.75) is 0 Å². The average Bonchev–Trinajstić information content (AvgIpc) is 2.89. The number of ether oxygens (including phenoxy) is 2. The maximum absolute atomic E-state index is 13.4. The van der Waals surface area contributed by atoms with Crippen LogP contribution >= 0.6 is 0 Å². The van der Waals surface area contributed by atoms with E-state index in [1.807, 2.05) is 4.90 Å². The largest absolute Gasteiger partial charge is 0.497 e. The first-order valence-corrected chi connectivity index (χ1v) is 10.8. The summed E-state index contributed by atoms with van der Waals surface area (Å²) in [5.41, 5.74) is 0.327. The third-order valence-electron chi connectivity index (χ3n) is 5.68. The maximum atomic E-state index is 13.4. The third-order valence-corrected chi connectivity index (χ3v) is 5.68. The van der Waals surface area contributed by atoms with Crippen molar-refractivity contribution >= 4 is 23.0 Å². The summed E-state index contributed by atoms with van der Waals surface area (Å²) < 4.78 is 11.0. The van der Waals surface area contributed by atoms with Gasteiger partial charge in [-0.15, -0.1) is 0 Å². The summed E-state index contributed by atoms with van der Waals surface area (Å²) in [5.74, 6) is 0.843. The number of methoxy groups -OCH3 is 1. The number of carbonyl (C=O) groups is 1. The molecule has 1 saturated heterocycles. The molecule has 1 aliphatic rings. The Morgan fingerprint density at radius 2 is 1.51 bits per heavy atom. The number of nitro groups is 2. The van der Waals surface area contributed by atoms with E-state index in [2.05, 4.69) is 0 Å². The van der Waals surface area contributed by atoms with Gasteiger partial charge in [-0.3, -0.25) is 25.0 Å². The molecule has 180 valence electrons. The fraction of sp³-hybridized carbons (Fsp3) is 0.208. The van der Waals surface area contributed by atoms with Crippen LogP contribution in [0.15, 0.2) is 66.7 Å². The number of anilines is 1. The summed E-state index contributed by atoms with van der Waals surface area (Å²) in [6.45, 7) is 1.32. The van der Waals surface area contributed by atoms with Gasteiger partial charge in [0.2, 0.25) is 0 Å². The summed E-state index contributed by atoms with van der Waals surface area (Å²) >= 11 is 0. The lowest BCUT2D eigenvalue weighted by Gasteiger charge is -2.36. The number of carbonyl (C=O) groups excluding carboxylic acids is 1. The summed E-state index contributed by atoms with van der Waals surface area (Å²) in [6.07, 6.45) is 0. The number of para-hydroxylation sites is 2. The van der Waals surface area contributed by atoms with E-state index in [-0.39, 0.29) is 35.8 Å². The maximum Gasteiger partial charge on any atom is 0.292 e. The Bertz CT molecular complexity index is 1250. The standard InChI is InChI=1S/C24H22N4O7/c1-34-18-7-9-19(10-8-18)35-23-11-6-17(27(30)31)16-20(23)24(29)26-14-12-25(13-15-26)21-4-2-3-5-22(21)28(32)33/h2-11,16H,12-15H2,1H3. The lowest BCUT2D eigenvalue weighted by molar-refractivity contribution is -0.384. The third kappa shape index (κ3) is 5.13. The zero-order valence-corrected chi connectivity index (χ0v) is 18.8. The Morgan fingerprint density at radius 3 is 2.14 bits per heavy atom. The summed E-state index contributed by atoms with van der Waals surface area (Å²) in [4.78, 5) is 38.5. The van der Waals surface area contributed by atoms with E-state index in [9.17, 15) is 25.0 Å². The van der Waals surface area contributed by atoms with Crippen LogP contribution in [-0.2, 0) is 0 Å². The molecule has 0 atom stereocenters. The molecule has 11 nitrogen and oxygen atoms in total. The zero-order chi connectivity index (χ0) is 24.9. The van der Waals surface area contributed by atoms with Crippen LogP contribution in [0.1, 0.15) is 10.4 Å². The molecule has 0 bridgehead atoms. The highest BCUT2D eigenvalue weighted by Gasteiger charge is 2.28. The van der Waals surface area contributed by atoms with Crippen LogP contribution in [0, 0.1) is 20.2 Å². The molecule has 0 spiro atoms. The van der Waals surface area contributed by atoms with Gasteiger partial charge in [-0.25, -0.2) is 0 Å². The highest BCUT2D eigenvalue weighted by atomic mass is 16.6. The number of hydrogen-bond donors (Lipinski definition) is 0. The number of nitrogens with zero attached hydrogens (tertiary/aromatic N) is 4. The van der Waals surface area contributed by atoms with Gasteiger partial charge in [0.05, 0.1) is 22.5 Å². The molecule has 3 aromatic rings. The second kappa shape index (κ2) is 10.1. The van der Waals surface area contributed by atoms with Gasteiger partial charge < -0.3 is 19.3 Å². The highest BCUT2D eigenvalue weighted by molar-refractivity contribution is 5.98. The molecule has 1 amide bonds. The monoisotopic (exact) mass is 478 g/mol. The fourth-order valence-corrected chi connectivity index (χ4v) is 3.87. The van der Waals surface area contributed by atoms with E-state index in [4.69, 9.17) is 9.47 Å². The van der Waals surface area contributed by atoms with E-state index in [0.717, 1.165) is 0 Å². The van der Waals surface area contributed by atoms with Crippen molar-refractivity contribution in [2.75, 3.05) is 38.2 Å². The number of rotatable bonds is 7. The number of amides is 1. The summed E-state index contributed by atoms with van der Waals surface area (Å²) in [7, 11) is 1.54. The Labute approximate surface area is 200 Å². The van der Waals surface area contributed by atoms with Gasteiger partial charge in [0, 0.05) is 44.4 Å². The first-order chi connectivity index (χ1) is 16.9. The van der Waals surface area contributed by atoms with Crippen molar-refractivity contribution in [2.24, 2.45) is 0 Å². The average molecular weight is 478 g/mol. The lowest BCUT2D eigenvalue weighted by Crippen LogP contribution is -2.49. The second-order valence-electron chi connectivity index (χ2n) is 7.74. The predicted octanol–water partition coefficient (Wildman–Crippen LogP) is 4.27. The number of non-ortho nitro benzene ring substituents is 1. The minimum Gasteiger partial charge on any atom is -0.497 e. The van der Waals surface area contributed by atoms with E-state index < -0.39 is 15.8 Å². The van der Waals surface area contributed by atoms with E-state index in [1.54, 1.807) is 54.5 Å². The Morgan fingerprint density at radius 1 is 0.857 bits per heavy atom. The van der Waals surface area contributed by atoms with Crippen molar-refractivity contribution in [1.82, 2.24) is 4.90 Å². The normalized spacial score (nSPS) is 13.3. The minimum atomic E-state index is -0.569. The molecule has 3 aromatic carbocycles. The molecule has 0 aliphatic carbocycles. The van der Waals surface area contributed by atoms with Gasteiger partial charge in [0.1, 0.15) is 22.9 Å². The number of benzene rings is 3. The van der Waals surface area contributed by atoms with Gasteiger partial charge in [-0.05, 0) is 36.4 Å². The van der Waals surface area contributed by atoms with Crippen molar-refractivity contribution < 1.29 is 24.1 Å². The number of piperazine rings is 1. The predicted molar refractivity (Wildman–Crippen MR) is 127 cm³/mol. The number of hydrogen-bond acceptors (Lipinski definition) is 8. The van der Waals surface area contributed by atoms with E-state index >= 15 is 0 Å². The molecule has 4 rings (SSSR count). The molecule has 1 heterocycles. The van der Waals surface area contributed by atoms with Crippen LogP contribution in [-0.4, -0.2) is 53.9 Å². The lowest BCUT2D eigenvalue weighted by atomic mass is 10.1.